The van der Waals surface area contributed by atoms with Crippen molar-refractivity contribution in [3.8, 4) is 0 Å². The van der Waals surface area contributed by atoms with Gasteiger partial charge in [0.25, 0.3) is 0 Å². The molecule has 1 aromatic rings. The molecule has 1 fully saturated rings. The van der Waals surface area contributed by atoms with Crippen LogP contribution in [0.1, 0.15) is 31.4 Å². The van der Waals surface area contributed by atoms with E-state index < -0.39 is 0 Å². The molecule has 4 heteroatoms. The number of aliphatic hydroxyl groups excluding tert-OH is 1. The first-order chi connectivity index (χ1) is 9.72. The maximum absolute atomic E-state index is 12.3. The largest absolute Gasteiger partial charge is 0.394 e. The summed E-state index contributed by atoms with van der Waals surface area (Å²) in [5, 5.41) is 12.4. The number of ether oxygens (including phenoxy) is 1. The van der Waals surface area contributed by atoms with Crippen LogP contribution in [0.15, 0.2) is 30.3 Å². The van der Waals surface area contributed by atoms with E-state index in [-0.39, 0.29) is 24.5 Å². The average molecular weight is 277 g/mol. The van der Waals surface area contributed by atoms with Crippen LogP contribution in [0.5, 0.6) is 0 Å². The summed E-state index contributed by atoms with van der Waals surface area (Å²) in [5.74, 6) is 0.343. The summed E-state index contributed by atoms with van der Waals surface area (Å²) in [4.78, 5) is 12.3. The van der Waals surface area contributed by atoms with E-state index in [1.807, 2.05) is 37.3 Å². The van der Waals surface area contributed by atoms with Crippen LogP contribution in [0.3, 0.4) is 0 Å². The highest BCUT2D eigenvalue weighted by Crippen LogP contribution is 2.24. The molecule has 0 aromatic heterocycles. The first-order valence-electron chi connectivity index (χ1n) is 7.26. The van der Waals surface area contributed by atoms with Gasteiger partial charge < -0.3 is 15.2 Å². The van der Waals surface area contributed by atoms with E-state index in [4.69, 9.17) is 4.74 Å². The van der Waals surface area contributed by atoms with Gasteiger partial charge in [-0.15, -0.1) is 0 Å². The van der Waals surface area contributed by atoms with Crippen molar-refractivity contribution in [2.45, 2.75) is 25.8 Å². The lowest BCUT2D eigenvalue weighted by Gasteiger charge is -2.28. The molecule has 0 saturated carbocycles. The molecule has 20 heavy (non-hydrogen) atoms. The summed E-state index contributed by atoms with van der Waals surface area (Å²) >= 11 is 0. The highest BCUT2D eigenvalue weighted by Gasteiger charge is 2.27. The second-order valence-corrected chi connectivity index (χ2v) is 5.39. The van der Waals surface area contributed by atoms with E-state index in [0.29, 0.717) is 5.92 Å². The van der Waals surface area contributed by atoms with Crippen LogP contribution >= 0.6 is 0 Å². The summed E-state index contributed by atoms with van der Waals surface area (Å²) in [7, 11) is 0. The van der Waals surface area contributed by atoms with E-state index >= 15 is 0 Å². The van der Waals surface area contributed by atoms with Crippen LogP contribution in [0.4, 0.5) is 0 Å². The lowest BCUT2D eigenvalue weighted by atomic mass is 9.86. The molecule has 1 saturated heterocycles. The van der Waals surface area contributed by atoms with Gasteiger partial charge in [-0.25, -0.2) is 0 Å². The second kappa shape index (κ2) is 7.41. The molecule has 0 aliphatic carbocycles. The van der Waals surface area contributed by atoms with E-state index in [0.717, 1.165) is 31.6 Å². The molecule has 1 amide bonds. The first kappa shape index (κ1) is 15.0. The molecule has 2 N–H and O–H groups in total. The third-order valence-electron chi connectivity index (χ3n) is 4.09. The topological polar surface area (TPSA) is 58.6 Å². The zero-order valence-corrected chi connectivity index (χ0v) is 11.9. The van der Waals surface area contributed by atoms with Crippen LogP contribution in [-0.4, -0.2) is 30.8 Å². The van der Waals surface area contributed by atoms with Gasteiger partial charge in [0.15, 0.2) is 0 Å². The van der Waals surface area contributed by atoms with Crippen molar-refractivity contribution in [1.29, 1.82) is 0 Å². The van der Waals surface area contributed by atoms with E-state index in [9.17, 15) is 9.90 Å². The third kappa shape index (κ3) is 3.81. The third-order valence-corrected chi connectivity index (χ3v) is 4.09. The summed E-state index contributed by atoms with van der Waals surface area (Å²) < 4.78 is 5.33. The van der Waals surface area contributed by atoms with Crippen LogP contribution in [0, 0.1) is 11.8 Å². The molecule has 1 heterocycles. The van der Waals surface area contributed by atoms with Gasteiger partial charge >= 0.3 is 0 Å². The second-order valence-electron chi connectivity index (χ2n) is 5.39. The van der Waals surface area contributed by atoms with E-state index in [2.05, 4.69) is 5.32 Å². The Morgan fingerprint density at radius 2 is 2.00 bits per heavy atom. The number of rotatable bonds is 5. The molecule has 1 aliphatic rings. The number of hydrogen-bond donors (Lipinski definition) is 2. The number of hydrogen-bond acceptors (Lipinski definition) is 3. The minimum atomic E-state index is -0.328. The SMILES string of the molecule is CC(C(=O)NC(CO)c1ccccc1)C1CCOCC1. The number of aliphatic hydroxyl groups is 1. The number of benzene rings is 1. The molecule has 0 spiro atoms. The van der Waals surface area contributed by atoms with Crippen molar-refractivity contribution in [2.75, 3.05) is 19.8 Å². The van der Waals surface area contributed by atoms with Crippen molar-refractivity contribution in [1.82, 2.24) is 5.32 Å². The highest BCUT2D eigenvalue weighted by atomic mass is 16.5. The maximum atomic E-state index is 12.3. The maximum Gasteiger partial charge on any atom is 0.223 e. The van der Waals surface area contributed by atoms with E-state index in [1.165, 1.54) is 0 Å². The van der Waals surface area contributed by atoms with Gasteiger partial charge in [-0.2, -0.15) is 0 Å². The number of amides is 1. The quantitative estimate of drug-likeness (QED) is 0.864. The van der Waals surface area contributed by atoms with Crippen LogP contribution in [0.25, 0.3) is 0 Å². The summed E-state index contributed by atoms with van der Waals surface area (Å²) in [6, 6.07) is 9.24. The number of carbonyl (C=O) groups is 1. The van der Waals surface area contributed by atoms with Crippen LogP contribution < -0.4 is 5.32 Å². The molecule has 0 bridgehead atoms. The van der Waals surface area contributed by atoms with E-state index in [1.54, 1.807) is 0 Å². The predicted octanol–water partition coefficient (Wildman–Crippen LogP) is 1.90. The fourth-order valence-corrected chi connectivity index (χ4v) is 2.65. The Balaban J connectivity index is 1.94. The van der Waals surface area contributed by atoms with Gasteiger partial charge in [0.2, 0.25) is 5.91 Å². The molecule has 4 nitrogen and oxygen atoms in total. The zero-order valence-electron chi connectivity index (χ0n) is 11.9. The van der Waals surface area contributed by atoms with Crippen LogP contribution in [0.2, 0.25) is 0 Å². The Bertz CT molecular complexity index is 415. The van der Waals surface area contributed by atoms with Gasteiger partial charge in [-0.3, -0.25) is 4.79 Å². The van der Waals surface area contributed by atoms with Crippen molar-refractivity contribution in [2.24, 2.45) is 11.8 Å². The van der Waals surface area contributed by atoms with Gasteiger partial charge in [-0.05, 0) is 24.3 Å². The molecular formula is C16H23NO3. The molecular weight excluding hydrogens is 254 g/mol. The lowest BCUT2D eigenvalue weighted by Crippen LogP contribution is -2.38. The Labute approximate surface area is 120 Å². The van der Waals surface area contributed by atoms with Gasteiger partial charge in [-0.1, -0.05) is 37.3 Å². The van der Waals surface area contributed by atoms with Crippen molar-refractivity contribution >= 4 is 5.91 Å². The molecule has 1 aromatic carbocycles. The summed E-state index contributed by atoms with van der Waals surface area (Å²) in [6.07, 6.45) is 1.87. The Hall–Kier alpha value is -1.39. The smallest absolute Gasteiger partial charge is 0.223 e. The van der Waals surface area contributed by atoms with Gasteiger partial charge in [0.1, 0.15) is 0 Å². The fourth-order valence-electron chi connectivity index (χ4n) is 2.65. The van der Waals surface area contributed by atoms with Gasteiger partial charge in [0, 0.05) is 19.1 Å². The monoisotopic (exact) mass is 277 g/mol. The molecule has 2 atom stereocenters. The molecule has 2 rings (SSSR count). The Morgan fingerprint density at radius 1 is 1.35 bits per heavy atom. The summed E-state index contributed by atoms with van der Waals surface area (Å²) in [6.45, 7) is 3.36. The minimum Gasteiger partial charge on any atom is -0.394 e. The molecule has 0 radical (unpaired) electrons. The first-order valence-corrected chi connectivity index (χ1v) is 7.26. The predicted molar refractivity (Wildman–Crippen MR) is 77.1 cm³/mol. The summed E-state index contributed by atoms with van der Waals surface area (Å²) in [5.41, 5.74) is 0.933. The van der Waals surface area contributed by atoms with Crippen LogP contribution in [-0.2, 0) is 9.53 Å². The minimum absolute atomic E-state index is 0.0137. The number of carbonyl (C=O) groups excluding carboxylic acids is 1. The molecule has 2 unspecified atom stereocenters. The average Bonchev–Trinajstić information content (AvgIpc) is 2.53. The van der Waals surface area contributed by atoms with Crippen molar-refractivity contribution in [3.63, 3.8) is 0 Å². The molecule has 110 valence electrons. The Morgan fingerprint density at radius 3 is 2.60 bits per heavy atom. The molecule has 1 aliphatic heterocycles. The van der Waals surface area contributed by atoms with Crippen molar-refractivity contribution in [3.05, 3.63) is 35.9 Å². The number of nitrogens with one attached hydrogen (secondary N) is 1. The zero-order chi connectivity index (χ0) is 14.4. The lowest BCUT2D eigenvalue weighted by molar-refractivity contribution is -0.128. The fraction of sp³-hybridized carbons (Fsp3) is 0.562. The Kier molecular flexibility index (Phi) is 5.56. The van der Waals surface area contributed by atoms with Crippen molar-refractivity contribution < 1.29 is 14.6 Å². The highest BCUT2D eigenvalue weighted by molar-refractivity contribution is 5.79. The standard InChI is InChI=1S/C16H23NO3/c1-12(13-7-9-20-10-8-13)16(19)17-15(11-18)14-5-3-2-4-6-14/h2-6,12-13,15,18H,7-11H2,1H3,(H,17,19). The van der Waals surface area contributed by atoms with Gasteiger partial charge in [0.05, 0.1) is 12.6 Å². The normalized spacial score (nSPS) is 19.3.